The molecule has 2 aromatic carbocycles. The molecule has 0 saturated heterocycles. The fourth-order valence-electron chi connectivity index (χ4n) is 2.59. The highest BCUT2D eigenvalue weighted by atomic mass is 32.1. The van der Waals surface area contributed by atoms with Gasteiger partial charge in [0.25, 0.3) is 5.91 Å². The Bertz CT molecular complexity index is 1040. The predicted molar refractivity (Wildman–Crippen MR) is 108 cm³/mol. The molecule has 1 N–H and O–H groups in total. The van der Waals surface area contributed by atoms with Crippen molar-refractivity contribution in [3.63, 3.8) is 0 Å². The number of anilines is 1. The molecule has 0 bridgehead atoms. The standard InChI is InChI=1S/C20H16N2O2S2/c1-2-24-15-9-5-3-7-13(15)21-19(23)17-11-12-18(25-17)20-22-14-8-4-6-10-16(14)26-20/h3-12H,2H2,1H3,(H,21,23). The van der Waals surface area contributed by atoms with Crippen molar-refractivity contribution in [2.24, 2.45) is 0 Å². The highest BCUT2D eigenvalue weighted by molar-refractivity contribution is 7.26. The molecule has 1 amide bonds. The van der Waals surface area contributed by atoms with Crippen LogP contribution in [0, 0.1) is 0 Å². The predicted octanol–water partition coefficient (Wildman–Crippen LogP) is 5.68. The molecule has 130 valence electrons. The van der Waals surface area contributed by atoms with Crippen LogP contribution in [-0.2, 0) is 0 Å². The number of hydrogen-bond acceptors (Lipinski definition) is 5. The van der Waals surface area contributed by atoms with Crippen molar-refractivity contribution >= 4 is 44.5 Å². The maximum Gasteiger partial charge on any atom is 0.265 e. The Morgan fingerprint density at radius 3 is 2.69 bits per heavy atom. The number of thiophene rings is 1. The van der Waals surface area contributed by atoms with Gasteiger partial charge >= 0.3 is 0 Å². The molecule has 0 fully saturated rings. The highest BCUT2D eigenvalue weighted by Crippen LogP contribution is 2.35. The fourth-order valence-corrected chi connectivity index (χ4v) is 4.51. The molecular formula is C20H16N2O2S2. The number of aromatic nitrogens is 1. The lowest BCUT2D eigenvalue weighted by Gasteiger charge is -2.10. The SMILES string of the molecule is CCOc1ccccc1NC(=O)c1ccc(-c2nc3ccccc3s2)s1. The first-order chi connectivity index (χ1) is 12.7. The molecule has 0 saturated carbocycles. The van der Waals surface area contributed by atoms with Gasteiger partial charge in [-0.15, -0.1) is 22.7 Å². The number of rotatable bonds is 5. The number of nitrogens with one attached hydrogen (secondary N) is 1. The fraction of sp³-hybridized carbons (Fsp3) is 0.100. The molecule has 4 nitrogen and oxygen atoms in total. The van der Waals surface area contributed by atoms with Crippen LogP contribution >= 0.6 is 22.7 Å². The summed E-state index contributed by atoms with van der Waals surface area (Å²) in [6.45, 7) is 2.47. The summed E-state index contributed by atoms with van der Waals surface area (Å²) < 4.78 is 6.71. The Balaban J connectivity index is 1.57. The third-order valence-corrected chi connectivity index (χ3v) is 6.06. The topological polar surface area (TPSA) is 51.2 Å². The van der Waals surface area contributed by atoms with E-state index in [2.05, 4.69) is 16.4 Å². The first-order valence-corrected chi connectivity index (χ1v) is 9.87. The largest absolute Gasteiger partial charge is 0.492 e. The third kappa shape index (κ3) is 3.34. The van der Waals surface area contributed by atoms with Crippen LogP contribution in [0.2, 0.25) is 0 Å². The summed E-state index contributed by atoms with van der Waals surface area (Å²) >= 11 is 3.08. The van der Waals surface area contributed by atoms with E-state index in [9.17, 15) is 4.79 Å². The minimum atomic E-state index is -0.144. The van der Waals surface area contributed by atoms with E-state index in [0.717, 1.165) is 20.1 Å². The monoisotopic (exact) mass is 380 g/mol. The van der Waals surface area contributed by atoms with Crippen LogP contribution in [0.4, 0.5) is 5.69 Å². The molecule has 26 heavy (non-hydrogen) atoms. The summed E-state index contributed by atoms with van der Waals surface area (Å²) in [6, 6.07) is 19.3. The van der Waals surface area contributed by atoms with Gasteiger partial charge in [0.2, 0.25) is 0 Å². The lowest BCUT2D eigenvalue weighted by molar-refractivity contribution is 0.103. The molecule has 0 aliphatic heterocycles. The smallest absolute Gasteiger partial charge is 0.265 e. The Kier molecular flexibility index (Phi) is 4.69. The summed E-state index contributed by atoms with van der Waals surface area (Å²) in [6.07, 6.45) is 0. The van der Waals surface area contributed by atoms with Gasteiger partial charge in [-0.25, -0.2) is 4.98 Å². The van der Waals surface area contributed by atoms with Crippen LogP contribution in [0.3, 0.4) is 0 Å². The van der Waals surface area contributed by atoms with Crippen molar-refractivity contribution in [2.45, 2.75) is 6.92 Å². The number of amides is 1. The zero-order valence-corrected chi connectivity index (χ0v) is 15.7. The van der Waals surface area contributed by atoms with Crippen molar-refractivity contribution in [3.8, 4) is 15.6 Å². The summed E-state index contributed by atoms with van der Waals surface area (Å²) in [4.78, 5) is 18.9. The summed E-state index contributed by atoms with van der Waals surface area (Å²) in [5.74, 6) is 0.529. The van der Waals surface area contributed by atoms with Gasteiger partial charge in [-0.2, -0.15) is 0 Å². The number of para-hydroxylation sites is 3. The minimum Gasteiger partial charge on any atom is -0.492 e. The van der Waals surface area contributed by atoms with Gasteiger partial charge in [0.05, 0.1) is 32.3 Å². The molecule has 0 aliphatic carbocycles. The van der Waals surface area contributed by atoms with Crippen LogP contribution in [-0.4, -0.2) is 17.5 Å². The molecule has 2 aromatic heterocycles. The zero-order valence-electron chi connectivity index (χ0n) is 14.1. The molecule has 0 radical (unpaired) electrons. The number of carbonyl (C=O) groups excluding carboxylic acids is 1. The van der Waals surface area contributed by atoms with Gasteiger partial charge in [0.15, 0.2) is 0 Å². The normalized spacial score (nSPS) is 10.8. The number of fused-ring (bicyclic) bond motifs is 1. The van der Waals surface area contributed by atoms with Crippen molar-refractivity contribution in [2.75, 3.05) is 11.9 Å². The molecule has 0 unspecified atom stereocenters. The summed E-state index contributed by atoms with van der Waals surface area (Å²) in [7, 11) is 0. The van der Waals surface area contributed by atoms with Crippen LogP contribution in [0.15, 0.2) is 60.7 Å². The molecule has 0 aliphatic rings. The van der Waals surface area contributed by atoms with E-state index in [1.165, 1.54) is 11.3 Å². The minimum absolute atomic E-state index is 0.144. The van der Waals surface area contributed by atoms with Crippen molar-refractivity contribution in [3.05, 3.63) is 65.5 Å². The number of ether oxygens (including phenoxy) is 1. The van der Waals surface area contributed by atoms with Gasteiger partial charge in [-0.1, -0.05) is 24.3 Å². The van der Waals surface area contributed by atoms with Crippen LogP contribution in [0.5, 0.6) is 5.75 Å². The van der Waals surface area contributed by atoms with Crippen LogP contribution < -0.4 is 10.1 Å². The lowest BCUT2D eigenvalue weighted by Crippen LogP contribution is -2.11. The van der Waals surface area contributed by atoms with Gasteiger partial charge in [-0.3, -0.25) is 4.79 Å². The molecule has 0 atom stereocenters. The van der Waals surface area contributed by atoms with E-state index in [4.69, 9.17) is 4.74 Å². The molecule has 2 heterocycles. The van der Waals surface area contributed by atoms with E-state index in [0.29, 0.717) is 22.9 Å². The van der Waals surface area contributed by atoms with E-state index in [1.807, 2.05) is 61.5 Å². The molecule has 6 heteroatoms. The third-order valence-electron chi connectivity index (χ3n) is 3.77. The van der Waals surface area contributed by atoms with E-state index >= 15 is 0 Å². The molecule has 4 rings (SSSR count). The average molecular weight is 380 g/mol. The summed E-state index contributed by atoms with van der Waals surface area (Å²) in [5.41, 5.74) is 1.66. The number of carbonyl (C=O) groups is 1. The second-order valence-electron chi connectivity index (χ2n) is 5.53. The highest BCUT2D eigenvalue weighted by Gasteiger charge is 2.14. The van der Waals surface area contributed by atoms with Gasteiger partial charge in [0, 0.05) is 0 Å². The first kappa shape index (κ1) is 16.8. The lowest BCUT2D eigenvalue weighted by atomic mass is 10.3. The zero-order chi connectivity index (χ0) is 17.9. The van der Waals surface area contributed by atoms with Gasteiger partial charge in [-0.05, 0) is 43.3 Å². The van der Waals surface area contributed by atoms with E-state index < -0.39 is 0 Å². The van der Waals surface area contributed by atoms with Crippen LogP contribution in [0.1, 0.15) is 16.6 Å². The Morgan fingerprint density at radius 1 is 1.04 bits per heavy atom. The van der Waals surface area contributed by atoms with Gasteiger partial charge < -0.3 is 10.1 Å². The number of nitrogens with zero attached hydrogens (tertiary/aromatic N) is 1. The number of benzene rings is 2. The summed E-state index contributed by atoms with van der Waals surface area (Å²) in [5, 5.41) is 3.87. The Labute approximate surface area is 159 Å². The van der Waals surface area contributed by atoms with Crippen molar-refractivity contribution < 1.29 is 9.53 Å². The van der Waals surface area contributed by atoms with E-state index in [-0.39, 0.29) is 5.91 Å². The molecule has 4 aromatic rings. The second kappa shape index (κ2) is 7.27. The maximum atomic E-state index is 12.6. The first-order valence-electron chi connectivity index (χ1n) is 8.23. The van der Waals surface area contributed by atoms with Crippen molar-refractivity contribution in [1.82, 2.24) is 4.98 Å². The molecule has 0 spiro atoms. The Hall–Kier alpha value is -2.70. The van der Waals surface area contributed by atoms with Crippen LogP contribution in [0.25, 0.3) is 20.1 Å². The van der Waals surface area contributed by atoms with E-state index in [1.54, 1.807) is 11.3 Å². The van der Waals surface area contributed by atoms with Gasteiger partial charge in [0.1, 0.15) is 10.8 Å². The maximum absolute atomic E-state index is 12.6. The second-order valence-corrected chi connectivity index (χ2v) is 7.65. The van der Waals surface area contributed by atoms with Crippen molar-refractivity contribution in [1.29, 1.82) is 0 Å². The molecular weight excluding hydrogens is 364 g/mol. The Morgan fingerprint density at radius 2 is 1.85 bits per heavy atom. The quantitative estimate of drug-likeness (QED) is 0.485. The number of thiazole rings is 1. The number of hydrogen-bond donors (Lipinski definition) is 1. The average Bonchev–Trinajstić information content (AvgIpc) is 3.30.